The highest BCUT2D eigenvalue weighted by molar-refractivity contribution is 5.73. The zero-order valence-electron chi connectivity index (χ0n) is 10.2. The number of rotatable bonds is 7. The molecule has 0 aromatic heterocycles. The van der Waals surface area contributed by atoms with Crippen LogP contribution in [0, 0.1) is 0 Å². The minimum atomic E-state index is -0.262. The van der Waals surface area contributed by atoms with Crippen molar-refractivity contribution in [3.8, 4) is 0 Å². The van der Waals surface area contributed by atoms with Crippen molar-refractivity contribution in [3.63, 3.8) is 0 Å². The maximum atomic E-state index is 11.3. The molecular weight excluding hydrogens is 190 g/mol. The van der Waals surface area contributed by atoms with Crippen molar-refractivity contribution in [2.24, 2.45) is 5.73 Å². The normalized spacial score (nSPS) is 11.2. The van der Waals surface area contributed by atoms with Crippen LogP contribution in [0.15, 0.2) is 0 Å². The fraction of sp³-hybridized carbons (Fsp3) is 0.909. The summed E-state index contributed by atoms with van der Waals surface area (Å²) in [5.74, 6) is 0. The fourth-order valence-corrected chi connectivity index (χ4v) is 1.20. The van der Waals surface area contributed by atoms with E-state index in [9.17, 15) is 4.79 Å². The SMILES string of the molecule is CCCCNC(=O)NCC(N)(CC)CC. The Balaban J connectivity index is 3.69. The Bertz CT molecular complexity index is 179. The van der Waals surface area contributed by atoms with Gasteiger partial charge in [-0.15, -0.1) is 0 Å². The second kappa shape index (κ2) is 7.51. The average Bonchev–Trinajstić information content (AvgIpc) is 2.26. The summed E-state index contributed by atoms with van der Waals surface area (Å²) in [5.41, 5.74) is 5.80. The zero-order valence-corrected chi connectivity index (χ0v) is 10.2. The van der Waals surface area contributed by atoms with Gasteiger partial charge in [-0.1, -0.05) is 27.2 Å². The minimum absolute atomic E-state index is 0.111. The van der Waals surface area contributed by atoms with Crippen LogP contribution in [-0.4, -0.2) is 24.7 Å². The lowest BCUT2D eigenvalue weighted by atomic mass is 9.94. The summed E-state index contributed by atoms with van der Waals surface area (Å²) < 4.78 is 0. The van der Waals surface area contributed by atoms with Crippen LogP contribution in [0.5, 0.6) is 0 Å². The van der Waals surface area contributed by atoms with E-state index < -0.39 is 0 Å². The number of hydrogen-bond donors (Lipinski definition) is 3. The van der Waals surface area contributed by atoms with Crippen LogP contribution in [0.1, 0.15) is 46.5 Å². The molecule has 0 spiro atoms. The summed E-state index contributed by atoms with van der Waals surface area (Å²) in [4.78, 5) is 11.3. The third-order valence-electron chi connectivity index (χ3n) is 2.83. The fourth-order valence-electron chi connectivity index (χ4n) is 1.20. The topological polar surface area (TPSA) is 67.2 Å². The number of carbonyl (C=O) groups is 1. The van der Waals surface area contributed by atoms with E-state index in [1.807, 2.05) is 13.8 Å². The number of hydrogen-bond acceptors (Lipinski definition) is 2. The lowest BCUT2D eigenvalue weighted by molar-refractivity contribution is 0.236. The van der Waals surface area contributed by atoms with Crippen molar-refractivity contribution in [2.45, 2.75) is 52.0 Å². The predicted molar refractivity (Wildman–Crippen MR) is 63.8 cm³/mol. The van der Waals surface area contributed by atoms with E-state index in [2.05, 4.69) is 17.6 Å². The van der Waals surface area contributed by atoms with Crippen molar-refractivity contribution < 1.29 is 4.79 Å². The van der Waals surface area contributed by atoms with E-state index >= 15 is 0 Å². The molecule has 0 rings (SSSR count). The van der Waals surface area contributed by atoms with Gasteiger partial charge in [0.05, 0.1) is 0 Å². The molecule has 90 valence electrons. The maximum Gasteiger partial charge on any atom is 0.314 e. The number of amides is 2. The highest BCUT2D eigenvalue weighted by atomic mass is 16.2. The summed E-state index contributed by atoms with van der Waals surface area (Å²) in [6, 6.07) is -0.111. The van der Waals surface area contributed by atoms with Gasteiger partial charge in [-0.3, -0.25) is 0 Å². The van der Waals surface area contributed by atoms with Crippen LogP contribution in [0.2, 0.25) is 0 Å². The van der Waals surface area contributed by atoms with Crippen LogP contribution in [-0.2, 0) is 0 Å². The third-order valence-corrected chi connectivity index (χ3v) is 2.83. The Morgan fingerprint density at radius 1 is 1.20 bits per heavy atom. The van der Waals surface area contributed by atoms with Crippen LogP contribution in [0.4, 0.5) is 4.79 Å². The van der Waals surface area contributed by atoms with E-state index in [1.54, 1.807) is 0 Å². The third kappa shape index (κ3) is 6.33. The van der Waals surface area contributed by atoms with Crippen molar-refractivity contribution in [1.29, 1.82) is 0 Å². The Hall–Kier alpha value is -0.770. The molecule has 0 radical (unpaired) electrons. The average molecular weight is 215 g/mol. The monoisotopic (exact) mass is 215 g/mol. The van der Waals surface area contributed by atoms with Gasteiger partial charge in [0, 0.05) is 18.6 Å². The molecule has 2 amide bonds. The smallest absolute Gasteiger partial charge is 0.314 e. The van der Waals surface area contributed by atoms with Gasteiger partial charge < -0.3 is 16.4 Å². The molecule has 0 heterocycles. The van der Waals surface area contributed by atoms with Crippen molar-refractivity contribution >= 4 is 6.03 Å². The molecule has 0 aliphatic rings. The van der Waals surface area contributed by atoms with Crippen molar-refractivity contribution in [2.75, 3.05) is 13.1 Å². The predicted octanol–water partition coefficient (Wildman–Crippen LogP) is 1.60. The molecule has 0 unspecified atom stereocenters. The van der Waals surface area contributed by atoms with Gasteiger partial charge in [-0.25, -0.2) is 4.79 Å². The lowest BCUT2D eigenvalue weighted by Gasteiger charge is -2.26. The molecule has 4 heteroatoms. The molecule has 0 aliphatic carbocycles. The van der Waals surface area contributed by atoms with Gasteiger partial charge in [0.25, 0.3) is 0 Å². The van der Waals surface area contributed by atoms with Crippen LogP contribution >= 0.6 is 0 Å². The van der Waals surface area contributed by atoms with E-state index in [0.717, 1.165) is 32.2 Å². The van der Waals surface area contributed by atoms with Gasteiger partial charge in [0.2, 0.25) is 0 Å². The quantitative estimate of drug-likeness (QED) is 0.565. The first-order valence-corrected chi connectivity index (χ1v) is 5.88. The van der Waals surface area contributed by atoms with Crippen molar-refractivity contribution in [1.82, 2.24) is 10.6 Å². The van der Waals surface area contributed by atoms with Crippen LogP contribution in [0.3, 0.4) is 0 Å². The number of urea groups is 1. The van der Waals surface area contributed by atoms with E-state index in [4.69, 9.17) is 5.73 Å². The van der Waals surface area contributed by atoms with Crippen LogP contribution < -0.4 is 16.4 Å². The first-order valence-electron chi connectivity index (χ1n) is 5.88. The standard InChI is InChI=1S/C11H25N3O/c1-4-7-8-13-10(15)14-9-11(12,5-2)6-3/h4-9,12H2,1-3H3,(H2,13,14,15). The molecule has 0 bridgehead atoms. The Morgan fingerprint density at radius 3 is 2.27 bits per heavy atom. The van der Waals surface area contributed by atoms with Gasteiger partial charge >= 0.3 is 6.03 Å². The Labute approximate surface area is 93.0 Å². The molecule has 0 fully saturated rings. The summed E-state index contributed by atoms with van der Waals surface area (Å²) in [5, 5.41) is 5.61. The van der Waals surface area contributed by atoms with Gasteiger partial charge in [-0.05, 0) is 19.3 Å². The van der Waals surface area contributed by atoms with Gasteiger partial charge in [-0.2, -0.15) is 0 Å². The number of nitrogens with two attached hydrogens (primary N) is 1. The summed E-state index contributed by atoms with van der Waals surface area (Å²) in [6.45, 7) is 7.45. The zero-order chi connectivity index (χ0) is 11.7. The second-order valence-electron chi connectivity index (χ2n) is 4.03. The summed E-state index contributed by atoms with van der Waals surface area (Å²) in [7, 11) is 0. The molecule has 0 atom stereocenters. The van der Waals surface area contributed by atoms with Crippen LogP contribution in [0.25, 0.3) is 0 Å². The summed E-state index contributed by atoms with van der Waals surface area (Å²) >= 11 is 0. The molecule has 0 aromatic rings. The first kappa shape index (κ1) is 14.2. The molecule has 4 nitrogen and oxygen atoms in total. The molecular formula is C11H25N3O. The summed E-state index contributed by atoms with van der Waals surface area (Å²) in [6.07, 6.45) is 3.85. The molecule has 0 saturated heterocycles. The van der Waals surface area contributed by atoms with Gasteiger partial charge in [0.15, 0.2) is 0 Å². The lowest BCUT2D eigenvalue weighted by Crippen LogP contribution is -2.51. The molecule has 0 aromatic carbocycles. The minimum Gasteiger partial charge on any atom is -0.338 e. The van der Waals surface area contributed by atoms with E-state index in [-0.39, 0.29) is 11.6 Å². The highest BCUT2D eigenvalue weighted by Gasteiger charge is 2.20. The molecule has 0 aliphatic heterocycles. The Kier molecular flexibility index (Phi) is 7.13. The molecule has 0 saturated carbocycles. The van der Waals surface area contributed by atoms with E-state index in [1.165, 1.54) is 0 Å². The highest BCUT2D eigenvalue weighted by Crippen LogP contribution is 2.08. The van der Waals surface area contributed by atoms with Crippen molar-refractivity contribution in [3.05, 3.63) is 0 Å². The number of nitrogens with one attached hydrogen (secondary N) is 2. The largest absolute Gasteiger partial charge is 0.338 e. The molecule has 15 heavy (non-hydrogen) atoms. The Morgan fingerprint density at radius 2 is 1.80 bits per heavy atom. The maximum absolute atomic E-state index is 11.3. The number of carbonyl (C=O) groups excluding carboxylic acids is 1. The first-order chi connectivity index (χ1) is 7.08. The molecule has 4 N–H and O–H groups in total. The second-order valence-corrected chi connectivity index (χ2v) is 4.03. The van der Waals surface area contributed by atoms with Gasteiger partial charge in [0.1, 0.15) is 0 Å². The number of unbranched alkanes of at least 4 members (excludes halogenated alkanes) is 1. The van der Waals surface area contributed by atoms with E-state index in [0.29, 0.717) is 6.54 Å².